The molecule has 2 aromatic carbocycles. The Balaban J connectivity index is 2.21. The highest BCUT2D eigenvalue weighted by Crippen LogP contribution is 2.25. The molecule has 2 aromatic rings. The van der Waals surface area contributed by atoms with E-state index in [-0.39, 0.29) is 43.7 Å². The van der Waals surface area contributed by atoms with Gasteiger partial charge in [-0.05, 0) is 74.1 Å². The Kier molecular flexibility index (Phi) is 11.3. The first-order valence-corrected chi connectivity index (χ1v) is 14.9. The van der Waals surface area contributed by atoms with Crippen molar-refractivity contribution in [1.29, 1.82) is 0 Å². The topological polar surface area (TPSA) is 86.8 Å². The molecule has 37 heavy (non-hydrogen) atoms. The van der Waals surface area contributed by atoms with Crippen LogP contribution in [0, 0.1) is 19.8 Å². The lowest BCUT2D eigenvalue weighted by atomic mass is 10.1. The van der Waals surface area contributed by atoms with Gasteiger partial charge in [0.2, 0.25) is 21.8 Å². The largest absolute Gasteiger partial charge is 0.354 e. The van der Waals surface area contributed by atoms with E-state index in [0.717, 1.165) is 17.4 Å². The van der Waals surface area contributed by atoms with E-state index in [1.165, 1.54) is 9.21 Å². The Morgan fingerprint density at radius 3 is 2.24 bits per heavy atom. The van der Waals surface area contributed by atoms with Crippen LogP contribution in [0.4, 0.5) is 5.69 Å². The van der Waals surface area contributed by atoms with Crippen molar-refractivity contribution in [2.75, 3.05) is 23.7 Å². The molecule has 2 rings (SSSR count). The number of rotatable bonds is 12. The second-order valence-corrected chi connectivity index (χ2v) is 12.5. The van der Waals surface area contributed by atoms with Crippen molar-refractivity contribution in [2.45, 2.75) is 60.0 Å². The van der Waals surface area contributed by atoms with Gasteiger partial charge < -0.3 is 10.2 Å². The molecule has 0 bridgehead atoms. The Morgan fingerprint density at radius 1 is 1.00 bits per heavy atom. The summed E-state index contributed by atoms with van der Waals surface area (Å²) in [7, 11) is -3.55. The van der Waals surface area contributed by atoms with Gasteiger partial charge in [-0.3, -0.25) is 13.9 Å². The molecule has 0 aliphatic rings. The Labute approximate surface area is 231 Å². The fourth-order valence-electron chi connectivity index (χ4n) is 3.75. The minimum atomic E-state index is -3.55. The Morgan fingerprint density at radius 2 is 1.68 bits per heavy atom. The van der Waals surface area contributed by atoms with Crippen LogP contribution >= 0.6 is 23.2 Å². The smallest absolute Gasteiger partial charge is 0.242 e. The minimum absolute atomic E-state index is 0.0594. The van der Waals surface area contributed by atoms with Crippen LogP contribution in [0.15, 0.2) is 36.4 Å². The van der Waals surface area contributed by atoms with Gasteiger partial charge in [0.15, 0.2) is 0 Å². The van der Waals surface area contributed by atoms with Gasteiger partial charge in [0.1, 0.15) is 6.04 Å². The first kappa shape index (κ1) is 30.9. The first-order valence-electron chi connectivity index (χ1n) is 12.3. The normalized spacial score (nSPS) is 12.4. The molecule has 0 aliphatic heterocycles. The number of halogens is 2. The lowest BCUT2D eigenvalue weighted by molar-refractivity contribution is -0.140. The van der Waals surface area contributed by atoms with E-state index in [1.54, 1.807) is 31.2 Å². The molecule has 0 saturated heterocycles. The molecule has 0 unspecified atom stereocenters. The number of nitrogens with one attached hydrogen (secondary N) is 1. The third-order valence-electron chi connectivity index (χ3n) is 6.14. The molecule has 0 aromatic heterocycles. The van der Waals surface area contributed by atoms with E-state index in [9.17, 15) is 18.0 Å². The molecule has 0 fully saturated rings. The molecule has 2 amide bonds. The van der Waals surface area contributed by atoms with Crippen molar-refractivity contribution in [3.8, 4) is 0 Å². The molecule has 7 nitrogen and oxygen atoms in total. The Bertz CT molecular complexity index is 1220. The van der Waals surface area contributed by atoms with Crippen molar-refractivity contribution >= 4 is 50.7 Å². The molecule has 0 spiro atoms. The molecule has 0 saturated carbocycles. The second-order valence-electron chi connectivity index (χ2n) is 9.78. The molecule has 0 heterocycles. The molecule has 1 atom stereocenters. The maximum absolute atomic E-state index is 13.4. The summed E-state index contributed by atoms with van der Waals surface area (Å²) < 4.78 is 26.4. The quantitative estimate of drug-likeness (QED) is 0.373. The van der Waals surface area contributed by atoms with Gasteiger partial charge in [0.25, 0.3) is 0 Å². The third kappa shape index (κ3) is 9.20. The zero-order valence-corrected chi connectivity index (χ0v) is 24.7. The SMILES string of the molecule is Cc1ccc(N(CCCC(=O)N(Cc2ccc(Cl)cc2Cl)[C@H](C)C(=O)NCC(C)C)S(C)(=O)=O)cc1C. The maximum Gasteiger partial charge on any atom is 0.242 e. The van der Waals surface area contributed by atoms with Crippen LogP contribution < -0.4 is 9.62 Å². The molecule has 1 N–H and O–H groups in total. The number of sulfonamides is 1. The zero-order chi connectivity index (χ0) is 27.9. The summed E-state index contributed by atoms with van der Waals surface area (Å²) in [5.41, 5.74) is 3.27. The fraction of sp³-hybridized carbons (Fsp3) is 0.481. The molecule has 0 radical (unpaired) electrons. The average molecular weight is 571 g/mol. The molecular formula is C27H37Cl2N3O4S. The van der Waals surface area contributed by atoms with E-state index in [0.29, 0.717) is 27.8 Å². The number of anilines is 1. The van der Waals surface area contributed by atoms with Gasteiger partial charge in [0, 0.05) is 36.1 Å². The van der Waals surface area contributed by atoms with E-state index in [4.69, 9.17) is 23.2 Å². The first-order chi connectivity index (χ1) is 17.2. The predicted octanol–water partition coefficient (Wildman–Crippen LogP) is 5.35. The van der Waals surface area contributed by atoms with Crippen LogP contribution in [-0.4, -0.2) is 50.5 Å². The maximum atomic E-state index is 13.4. The number of benzene rings is 2. The highest BCUT2D eigenvalue weighted by Gasteiger charge is 2.27. The van der Waals surface area contributed by atoms with Crippen molar-refractivity contribution < 1.29 is 18.0 Å². The van der Waals surface area contributed by atoms with Crippen LogP contribution in [0.2, 0.25) is 10.0 Å². The zero-order valence-electron chi connectivity index (χ0n) is 22.3. The van der Waals surface area contributed by atoms with Crippen molar-refractivity contribution in [3.05, 3.63) is 63.1 Å². The number of aryl methyl sites for hydroxylation is 2. The van der Waals surface area contributed by atoms with E-state index in [2.05, 4.69) is 5.32 Å². The summed E-state index contributed by atoms with van der Waals surface area (Å²) in [6.45, 7) is 10.3. The predicted molar refractivity (Wildman–Crippen MR) is 152 cm³/mol. The van der Waals surface area contributed by atoms with Gasteiger partial charge in [-0.2, -0.15) is 0 Å². The lowest BCUT2D eigenvalue weighted by Gasteiger charge is -2.30. The number of hydrogen-bond acceptors (Lipinski definition) is 4. The van der Waals surface area contributed by atoms with Crippen LogP contribution in [-0.2, 0) is 26.2 Å². The molecule has 0 aliphatic carbocycles. The summed E-state index contributed by atoms with van der Waals surface area (Å²) in [6.07, 6.45) is 1.49. The van der Waals surface area contributed by atoms with E-state index >= 15 is 0 Å². The van der Waals surface area contributed by atoms with Gasteiger partial charge in [-0.15, -0.1) is 0 Å². The molecular weight excluding hydrogens is 533 g/mol. The fourth-order valence-corrected chi connectivity index (χ4v) is 5.18. The van der Waals surface area contributed by atoms with Gasteiger partial charge in [0.05, 0.1) is 11.9 Å². The summed E-state index contributed by atoms with van der Waals surface area (Å²) >= 11 is 12.4. The summed E-state index contributed by atoms with van der Waals surface area (Å²) in [5.74, 6) is -0.273. The number of amides is 2. The second kappa shape index (κ2) is 13.5. The molecule has 204 valence electrons. The van der Waals surface area contributed by atoms with Gasteiger partial charge in [-0.1, -0.05) is 49.2 Å². The summed E-state index contributed by atoms with van der Waals surface area (Å²) in [4.78, 5) is 27.7. The highest BCUT2D eigenvalue weighted by atomic mass is 35.5. The van der Waals surface area contributed by atoms with Gasteiger partial charge in [-0.25, -0.2) is 8.42 Å². The Hall–Kier alpha value is -2.29. The van der Waals surface area contributed by atoms with Crippen LogP contribution in [0.3, 0.4) is 0 Å². The van der Waals surface area contributed by atoms with E-state index < -0.39 is 16.1 Å². The summed E-state index contributed by atoms with van der Waals surface area (Å²) in [5, 5.41) is 3.75. The number of carbonyl (C=O) groups is 2. The van der Waals surface area contributed by atoms with Gasteiger partial charge >= 0.3 is 0 Å². The standard InChI is InChI=1S/C27H37Cl2N3O4S/c1-18(2)16-30-27(34)21(5)31(17-22-10-11-23(28)15-25(22)29)26(33)8-7-13-32(37(6,35)36)24-12-9-19(3)20(4)14-24/h9-12,14-15,18,21H,7-8,13,16-17H2,1-6H3,(H,30,34)/t21-/m1/s1. The average Bonchev–Trinajstić information content (AvgIpc) is 2.80. The number of nitrogens with zero attached hydrogens (tertiary/aromatic N) is 2. The third-order valence-corrected chi connectivity index (χ3v) is 7.92. The van der Waals surface area contributed by atoms with Crippen LogP contribution in [0.25, 0.3) is 0 Å². The monoisotopic (exact) mass is 569 g/mol. The number of hydrogen-bond donors (Lipinski definition) is 1. The highest BCUT2D eigenvalue weighted by molar-refractivity contribution is 7.92. The van der Waals surface area contributed by atoms with E-state index in [1.807, 2.05) is 39.8 Å². The number of carbonyl (C=O) groups excluding carboxylic acids is 2. The van der Waals surface area contributed by atoms with Crippen LogP contribution in [0.1, 0.15) is 50.3 Å². The molecule has 10 heteroatoms. The van der Waals surface area contributed by atoms with Crippen molar-refractivity contribution in [1.82, 2.24) is 10.2 Å². The van der Waals surface area contributed by atoms with Crippen LogP contribution in [0.5, 0.6) is 0 Å². The minimum Gasteiger partial charge on any atom is -0.354 e. The summed E-state index contributed by atoms with van der Waals surface area (Å²) in [6, 6.07) is 9.73. The van der Waals surface area contributed by atoms with Crippen molar-refractivity contribution in [3.63, 3.8) is 0 Å². The lowest BCUT2D eigenvalue weighted by Crippen LogP contribution is -2.48. The van der Waals surface area contributed by atoms with Crippen molar-refractivity contribution in [2.24, 2.45) is 5.92 Å².